The van der Waals surface area contributed by atoms with Crippen LogP contribution in [0, 0.1) is 13.8 Å². The van der Waals surface area contributed by atoms with Crippen LogP contribution < -0.4 is 10.1 Å². The molecular formula is C22H22BrN3O2. The topological polar surface area (TPSA) is 56.1 Å². The first-order chi connectivity index (χ1) is 13.4. The van der Waals surface area contributed by atoms with Gasteiger partial charge in [-0.3, -0.25) is 9.48 Å². The molecule has 5 nitrogen and oxygen atoms in total. The van der Waals surface area contributed by atoms with Crippen LogP contribution in [0.2, 0.25) is 0 Å². The average Bonchev–Trinajstić information content (AvgIpc) is 2.94. The van der Waals surface area contributed by atoms with E-state index in [4.69, 9.17) is 4.74 Å². The van der Waals surface area contributed by atoms with Crippen LogP contribution in [0.4, 0.5) is 5.82 Å². The van der Waals surface area contributed by atoms with E-state index in [0.717, 1.165) is 38.2 Å². The quantitative estimate of drug-likeness (QED) is 0.560. The summed E-state index contributed by atoms with van der Waals surface area (Å²) in [6, 6.07) is 13.8. The summed E-state index contributed by atoms with van der Waals surface area (Å²) in [6.07, 6.45) is 3.26. The molecule has 0 aliphatic carbocycles. The fourth-order valence-electron chi connectivity index (χ4n) is 3.07. The Bertz CT molecular complexity index is 1040. The number of hydrogen-bond donors (Lipinski definition) is 1. The number of benzene rings is 2. The summed E-state index contributed by atoms with van der Waals surface area (Å²) in [5.41, 5.74) is 4.70. The van der Waals surface area contributed by atoms with Crippen molar-refractivity contribution in [2.75, 3.05) is 12.4 Å². The molecule has 3 aromatic rings. The van der Waals surface area contributed by atoms with Gasteiger partial charge < -0.3 is 10.1 Å². The first-order valence-corrected chi connectivity index (χ1v) is 9.61. The molecule has 1 aromatic heterocycles. The van der Waals surface area contributed by atoms with Gasteiger partial charge in [0.25, 0.3) is 0 Å². The molecule has 0 aliphatic rings. The first kappa shape index (κ1) is 19.9. The number of methoxy groups -OCH3 is 1. The van der Waals surface area contributed by atoms with Gasteiger partial charge in [-0.2, -0.15) is 5.10 Å². The number of nitrogens with zero attached hydrogens (tertiary/aromatic N) is 2. The molecule has 0 saturated heterocycles. The van der Waals surface area contributed by atoms with E-state index in [1.807, 2.05) is 63.4 Å². The lowest BCUT2D eigenvalue weighted by Gasteiger charge is -2.08. The normalized spacial score (nSPS) is 11.0. The minimum atomic E-state index is -0.232. The number of ether oxygens (including phenoxy) is 1. The predicted molar refractivity (Wildman–Crippen MR) is 116 cm³/mol. The highest BCUT2D eigenvalue weighted by atomic mass is 79.9. The highest BCUT2D eigenvalue weighted by Crippen LogP contribution is 2.32. The van der Waals surface area contributed by atoms with Crippen LogP contribution in [0.1, 0.15) is 16.8 Å². The maximum atomic E-state index is 12.6. The lowest BCUT2D eigenvalue weighted by Crippen LogP contribution is -2.12. The molecule has 6 heteroatoms. The number of amides is 1. The smallest absolute Gasteiger partial charge is 0.249 e. The Labute approximate surface area is 173 Å². The molecule has 0 radical (unpaired) electrons. The molecule has 3 rings (SSSR count). The van der Waals surface area contributed by atoms with Crippen LogP contribution in [0.25, 0.3) is 17.2 Å². The molecule has 0 fully saturated rings. The number of aromatic nitrogens is 2. The zero-order valence-electron chi connectivity index (χ0n) is 16.3. The van der Waals surface area contributed by atoms with Crippen molar-refractivity contribution in [3.8, 4) is 16.9 Å². The van der Waals surface area contributed by atoms with E-state index in [0.29, 0.717) is 5.82 Å². The number of rotatable bonds is 5. The zero-order chi connectivity index (χ0) is 20.3. The predicted octanol–water partition coefficient (Wildman–Crippen LogP) is 5.13. The average molecular weight is 440 g/mol. The van der Waals surface area contributed by atoms with Crippen molar-refractivity contribution in [1.29, 1.82) is 0 Å². The second-order valence-electron chi connectivity index (χ2n) is 6.51. The van der Waals surface area contributed by atoms with E-state index >= 15 is 0 Å². The highest BCUT2D eigenvalue weighted by Gasteiger charge is 2.16. The number of halogens is 1. The van der Waals surface area contributed by atoms with Crippen LogP contribution in [0.5, 0.6) is 5.75 Å². The third-order valence-electron chi connectivity index (χ3n) is 4.40. The lowest BCUT2D eigenvalue weighted by molar-refractivity contribution is -0.111. The van der Waals surface area contributed by atoms with E-state index < -0.39 is 0 Å². The summed E-state index contributed by atoms with van der Waals surface area (Å²) in [5.74, 6) is 1.15. The number of aryl methyl sites for hydroxylation is 3. The molecule has 0 spiro atoms. The SMILES string of the molecule is COc1ccc(C)cc1/C=C/C(=O)Nc1c(-c2ccc(Br)cc2)c(C)nn1C. The lowest BCUT2D eigenvalue weighted by atomic mass is 10.1. The minimum Gasteiger partial charge on any atom is -0.496 e. The fraction of sp³-hybridized carbons (Fsp3) is 0.182. The zero-order valence-corrected chi connectivity index (χ0v) is 17.9. The summed E-state index contributed by atoms with van der Waals surface area (Å²) in [5, 5.41) is 7.42. The Morgan fingerprint density at radius 3 is 2.57 bits per heavy atom. The van der Waals surface area contributed by atoms with Gasteiger partial charge in [0.05, 0.1) is 12.8 Å². The second-order valence-corrected chi connectivity index (χ2v) is 7.42. The first-order valence-electron chi connectivity index (χ1n) is 8.82. The molecule has 0 atom stereocenters. The highest BCUT2D eigenvalue weighted by molar-refractivity contribution is 9.10. The molecule has 0 saturated carbocycles. The number of anilines is 1. The second kappa shape index (κ2) is 8.44. The molecular weight excluding hydrogens is 418 g/mol. The van der Waals surface area contributed by atoms with E-state index in [1.54, 1.807) is 17.9 Å². The molecule has 0 bridgehead atoms. The summed E-state index contributed by atoms with van der Waals surface area (Å²) in [6.45, 7) is 3.93. The minimum absolute atomic E-state index is 0.232. The van der Waals surface area contributed by atoms with Crippen molar-refractivity contribution in [2.45, 2.75) is 13.8 Å². The number of carbonyl (C=O) groups is 1. The maximum absolute atomic E-state index is 12.6. The molecule has 1 heterocycles. The van der Waals surface area contributed by atoms with Crippen LogP contribution in [-0.2, 0) is 11.8 Å². The van der Waals surface area contributed by atoms with Gasteiger partial charge in [0, 0.05) is 28.7 Å². The van der Waals surface area contributed by atoms with Crippen molar-refractivity contribution >= 4 is 33.7 Å². The Hall–Kier alpha value is -2.86. The molecule has 0 unspecified atom stereocenters. The van der Waals surface area contributed by atoms with Gasteiger partial charge in [-0.1, -0.05) is 39.7 Å². The van der Waals surface area contributed by atoms with E-state index in [2.05, 4.69) is 26.3 Å². The Morgan fingerprint density at radius 2 is 1.89 bits per heavy atom. The van der Waals surface area contributed by atoms with Gasteiger partial charge in [-0.05, 0) is 49.8 Å². The third-order valence-corrected chi connectivity index (χ3v) is 4.92. The monoisotopic (exact) mass is 439 g/mol. The van der Waals surface area contributed by atoms with Crippen LogP contribution in [-0.4, -0.2) is 22.8 Å². The van der Waals surface area contributed by atoms with Crippen LogP contribution in [0.15, 0.2) is 53.0 Å². The maximum Gasteiger partial charge on any atom is 0.249 e. The summed E-state index contributed by atoms with van der Waals surface area (Å²) < 4.78 is 8.04. The summed E-state index contributed by atoms with van der Waals surface area (Å²) in [4.78, 5) is 12.6. The van der Waals surface area contributed by atoms with E-state index in [9.17, 15) is 4.79 Å². The summed E-state index contributed by atoms with van der Waals surface area (Å²) >= 11 is 3.45. The van der Waals surface area contributed by atoms with Crippen molar-refractivity contribution in [2.24, 2.45) is 7.05 Å². The van der Waals surface area contributed by atoms with Crippen molar-refractivity contribution in [3.05, 3.63) is 69.8 Å². The molecule has 1 N–H and O–H groups in total. The van der Waals surface area contributed by atoms with Gasteiger partial charge >= 0.3 is 0 Å². The molecule has 2 aromatic carbocycles. The Morgan fingerprint density at radius 1 is 1.18 bits per heavy atom. The number of nitrogens with one attached hydrogen (secondary N) is 1. The van der Waals surface area contributed by atoms with Crippen LogP contribution >= 0.6 is 15.9 Å². The Balaban J connectivity index is 1.87. The number of hydrogen-bond acceptors (Lipinski definition) is 3. The largest absolute Gasteiger partial charge is 0.496 e. The van der Waals surface area contributed by atoms with Gasteiger partial charge in [0.15, 0.2) is 0 Å². The third kappa shape index (κ3) is 4.34. The van der Waals surface area contributed by atoms with Gasteiger partial charge in [-0.25, -0.2) is 0 Å². The number of carbonyl (C=O) groups excluding carboxylic acids is 1. The van der Waals surface area contributed by atoms with Crippen molar-refractivity contribution in [3.63, 3.8) is 0 Å². The Kier molecular flexibility index (Phi) is 5.99. The molecule has 0 aliphatic heterocycles. The fourth-order valence-corrected chi connectivity index (χ4v) is 3.34. The summed E-state index contributed by atoms with van der Waals surface area (Å²) in [7, 11) is 3.43. The molecule has 144 valence electrons. The van der Waals surface area contributed by atoms with Crippen molar-refractivity contribution in [1.82, 2.24) is 9.78 Å². The van der Waals surface area contributed by atoms with E-state index in [1.165, 1.54) is 6.08 Å². The van der Waals surface area contributed by atoms with Gasteiger partial charge in [0.1, 0.15) is 11.6 Å². The van der Waals surface area contributed by atoms with Crippen LogP contribution in [0.3, 0.4) is 0 Å². The van der Waals surface area contributed by atoms with Gasteiger partial charge in [0.2, 0.25) is 5.91 Å². The van der Waals surface area contributed by atoms with Crippen molar-refractivity contribution < 1.29 is 9.53 Å². The van der Waals surface area contributed by atoms with E-state index in [-0.39, 0.29) is 5.91 Å². The molecule has 28 heavy (non-hydrogen) atoms. The van der Waals surface area contributed by atoms with Gasteiger partial charge in [-0.15, -0.1) is 0 Å². The standard InChI is InChI=1S/C22H22BrN3O2/c1-14-5-11-19(28-4)17(13-14)8-12-20(27)24-22-21(15(2)25-26(22)3)16-6-9-18(23)10-7-16/h5-13H,1-4H3,(H,24,27)/b12-8+. The molecule has 1 amide bonds.